The van der Waals surface area contributed by atoms with E-state index in [9.17, 15) is 18.0 Å². The SMILES string of the molecule is Cn1nc(C(=O)NC2CCCC2)c(Cl)c1C(F)(F)F. The lowest BCUT2D eigenvalue weighted by atomic mass is 10.2. The summed E-state index contributed by atoms with van der Waals surface area (Å²) in [5, 5.41) is 5.59. The quantitative estimate of drug-likeness (QED) is 0.912. The van der Waals surface area contributed by atoms with E-state index in [1.165, 1.54) is 0 Å². The zero-order valence-corrected chi connectivity index (χ0v) is 11.0. The summed E-state index contributed by atoms with van der Waals surface area (Å²) in [6, 6.07) is -0.0000838. The van der Waals surface area contributed by atoms with Crippen LogP contribution in [0.5, 0.6) is 0 Å². The fourth-order valence-electron chi connectivity index (χ4n) is 2.28. The lowest BCUT2D eigenvalue weighted by molar-refractivity contribution is -0.143. The highest BCUT2D eigenvalue weighted by molar-refractivity contribution is 6.34. The molecule has 0 aliphatic heterocycles. The summed E-state index contributed by atoms with van der Waals surface area (Å²) in [5.41, 5.74) is -1.48. The number of amides is 1. The van der Waals surface area contributed by atoms with E-state index >= 15 is 0 Å². The predicted octanol–water partition coefficient (Wildman–Crippen LogP) is 2.76. The molecule has 4 nitrogen and oxygen atoms in total. The van der Waals surface area contributed by atoms with E-state index < -0.39 is 22.8 Å². The molecule has 0 spiro atoms. The summed E-state index contributed by atoms with van der Waals surface area (Å²) >= 11 is 5.63. The minimum Gasteiger partial charge on any atom is -0.348 e. The fraction of sp³-hybridized carbons (Fsp3) is 0.636. The third-order valence-electron chi connectivity index (χ3n) is 3.16. The van der Waals surface area contributed by atoms with E-state index in [-0.39, 0.29) is 11.7 Å². The average molecular weight is 296 g/mol. The number of alkyl halides is 3. The molecule has 1 aromatic heterocycles. The average Bonchev–Trinajstić information content (AvgIpc) is 2.85. The minimum absolute atomic E-state index is 0.0000838. The van der Waals surface area contributed by atoms with Crippen LogP contribution in [0.2, 0.25) is 5.02 Å². The van der Waals surface area contributed by atoms with E-state index in [1.807, 2.05) is 0 Å². The van der Waals surface area contributed by atoms with Crippen molar-refractivity contribution >= 4 is 17.5 Å². The highest BCUT2D eigenvalue weighted by Crippen LogP contribution is 2.36. The summed E-state index contributed by atoms with van der Waals surface area (Å²) < 4.78 is 38.7. The van der Waals surface area contributed by atoms with Crippen molar-refractivity contribution in [3.63, 3.8) is 0 Å². The summed E-state index contributed by atoms with van der Waals surface area (Å²) in [7, 11) is 1.11. The first-order valence-electron chi connectivity index (χ1n) is 5.91. The molecule has 0 atom stereocenters. The second-order valence-electron chi connectivity index (χ2n) is 4.59. The van der Waals surface area contributed by atoms with Gasteiger partial charge in [0.05, 0.1) is 0 Å². The first kappa shape index (κ1) is 14.2. The van der Waals surface area contributed by atoms with Gasteiger partial charge in [0.15, 0.2) is 11.4 Å². The molecule has 0 radical (unpaired) electrons. The maximum Gasteiger partial charge on any atom is 0.434 e. The van der Waals surface area contributed by atoms with Crippen LogP contribution < -0.4 is 5.32 Å². The maximum atomic E-state index is 12.7. The molecule has 1 fully saturated rings. The van der Waals surface area contributed by atoms with Gasteiger partial charge in [-0.2, -0.15) is 18.3 Å². The van der Waals surface area contributed by atoms with E-state index in [0.717, 1.165) is 32.7 Å². The Morgan fingerprint density at radius 1 is 1.42 bits per heavy atom. The number of halogens is 4. The second-order valence-corrected chi connectivity index (χ2v) is 4.97. The molecule has 2 rings (SSSR count). The monoisotopic (exact) mass is 295 g/mol. The van der Waals surface area contributed by atoms with Crippen molar-refractivity contribution in [2.24, 2.45) is 7.05 Å². The Kier molecular flexibility index (Phi) is 3.75. The Morgan fingerprint density at radius 2 is 2.00 bits per heavy atom. The van der Waals surface area contributed by atoms with E-state index in [4.69, 9.17) is 11.6 Å². The summed E-state index contributed by atoms with van der Waals surface area (Å²) in [6.07, 6.45) is -0.946. The molecule has 1 aliphatic rings. The van der Waals surface area contributed by atoms with Crippen LogP contribution in [0.3, 0.4) is 0 Å². The Balaban J connectivity index is 2.23. The van der Waals surface area contributed by atoms with E-state index in [1.54, 1.807) is 0 Å². The molecule has 1 aromatic rings. The van der Waals surface area contributed by atoms with Gasteiger partial charge in [0.25, 0.3) is 5.91 Å². The summed E-state index contributed by atoms with van der Waals surface area (Å²) in [5.74, 6) is -0.650. The van der Waals surface area contributed by atoms with Gasteiger partial charge in [-0.05, 0) is 12.8 Å². The van der Waals surface area contributed by atoms with Crippen LogP contribution in [0, 0.1) is 0 Å². The van der Waals surface area contributed by atoms with Gasteiger partial charge in [-0.3, -0.25) is 9.48 Å². The molecule has 106 valence electrons. The molecule has 1 heterocycles. The van der Waals surface area contributed by atoms with Gasteiger partial charge in [0.2, 0.25) is 0 Å². The normalized spacial score (nSPS) is 16.9. The molecule has 1 saturated carbocycles. The van der Waals surface area contributed by atoms with Gasteiger partial charge in [-0.15, -0.1) is 0 Å². The van der Waals surface area contributed by atoms with Crippen molar-refractivity contribution in [1.29, 1.82) is 0 Å². The number of carbonyl (C=O) groups is 1. The van der Waals surface area contributed by atoms with Crippen LogP contribution in [-0.2, 0) is 13.2 Å². The molecule has 1 N–H and O–H groups in total. The highest BCUT2D eigenvalue weighted by atomic mass is 35.5. The number of hydrogen-bond donors (Lipinski definition) is 1. The van der Waals surface area contributed by atoms with Gasteiger partial charge >= 0.3 is 6.18 Å². The fourth-order valence-corrected chi connectivity index (χ4v) is 2.63. The molecule has 0 aromatic carbocycles. The summed E-state index contributed by atoms with van der Waals surface area (Å²) in [4.78, 5) is 11.9. The third-order valence-corrected chi connectivity index (χ3v) is 3.52. The van der Waals surface area contributed by atoms with Crippen molar-refractivity contribution in [2.45, 2.75) is 37.9 Å². The topological polar surface area (TPSA) is 46.9 Å². The zero-order valence-electron chi connectivity index (χ0n) is 10.2. The highest BCUT2D eigenvalue weighted by Gasteiger charge is 2.40. The van der Waals surface area contributed by atoms with Crippen LogP contribution in [0.25, 0.3) is 0 Å². The Morgan fingerprint density at radius 3 is 2.47 bits per heavy atom. The molecular formula is C11H13ClF3N3O. The van der Waals surface area contributed by atoms with Crippen molar-refractivity contribution in [1.82, 2.24) is 15.1 Å². The van der Waals surface area contributed by atoms with Gasteiger partial charge < -0.3 is 5.32 Å². The van der Waals surface area contributed by atoms with E-state index in [0.29, 0.717) is 4.68 Å². The number of nitrogens with zero attached hydrogens (tertiary/aromatic N) is 2. The van der Waals surface area contributed by atoms with Crippen LogP contribution in [0.15, 0.2) is 0 Å². The third kappa shape index (κ3) is 2.86. The Hall–Kier alpha value is -1.24. The van der Waals surface area contributed by atoms with Crippen LogP contribution >= 0.6 is 11.6 Å². The van der Waals surface area contributed by atoms with Crippen molar-refractivity contribution < 1.29 is 18.0 Å². The van der Waals surface area contributed by atoms with Crippen molar-refractivity contribution in [2.75, 3.05) is 0 Å². The number of aryl methyl sites for hydroxylation is 1. The first-order chi connectivity index (χ1) is 8.80. The molecular weight excluding hydrogens is 283 g/mol. The zero-order chi connectivity index (χ0) is 14.2. The Bertz CT molecular complexity index is 492. The smallest absolute Gasteiger partial charge is 0.348 e. The number of rotatable bonds is 2. The van der Waals surface area contributed by atoms with E-state index in [2.05, 4.69) is 10.4 Å². The van der Waals surface area contributed by atoms with Crippen molar-refractivity contribution in [3.8, 4) is 0 Å². The molecule has 1 amide bonds. The molecule has 19 heavy (non-hydrogen) atoms. The predicted molar refractivity (Wildman–Crippen MR) is 62.9 cm³/mol. The molecule has 1 aliphatic carbocycles. The largest absolute Gasteiger partial charge is 0.434 e. The van der Waals surface area contributed by atoms with Gasteiger partial charge in [0, 0.05) is 13.1 Å². The second kappa shape index (κ2) is 5.03. The van der Waals surface area contributed by atoms with Crippen molar-refractivity contribution in [3.05, 3.63) is 16.4 Å². The molecule has 0 saturated heterocycles. The lowest BCUT2D eigenvalue weighted by Gasteiger charge is -2.10. The van der Waals surface area contributed by atoms with Crippen LogP contribution in [-0.4, -0.2) is 21.7 Å². The van der Waals surface area contributed by atoms with Gasteiger partial charge in [-0.25, -0.2) is 0 Å². The van der Waals surface area contributed by atoms with Crippen LogP contribution in [0.1, 0.15) is 41.9 Å². The minimum atomic E-state index is -4.63. The molecule has 8 heteroatoms. The standard InChI is InChI=1S/C11H13ClF3N3O/c1-18-9(11(13,14)15)7(12)8(17-18)10(19)16-6-4-2-3-5-6/h6H,2-5H2,1H3,(H,16,19). The first-order valence-corrected chi connectivity index (χ1v) is 6.29. The van der Waals surface area contributed by atoms with Gasteiger partial charge in [-0.1, -0.05) is 24.4 Å². The molecule has 0 bridgehead atoms. The number of aromatic nitrogens is 2. The number of hydrogen-bond acceptors (Lipinski definition) is 2. The number of nitrogens with one attached hydrogen (secondary N) is 1. The lowest BCUT2D eigenvalue weighted by Crippen LogP contribution is -2.33. The maximum absolute atomic E-state index is 12.7. The number of carbonyl (C=O) groups excluding carboxylic acids is 1. The van der Waals surface area contributed by atoms with Gasteiger partial charge in [0.1, 0.15) is 5.02 Å². The molecule has 0 unspecified atom stereocenters. The summed E-state index contributed by atoms with van der Waals surface area (Å²) in [6.45, 7) is 0. The Labute approximate surface area is 112 Å². The van der Waals surface area contributed by atoms with Crippen LogP contribution in [0.4, 0.5) is 13.2 Å².